The Bertz CT molecular complexity index is 85.7. The van der Waals surface area contributed by atoms with Crippen molar-refractivity contribution in [1.82, 2.24) is 0 Å². The van der Waals surface area contributed by atoms with Gasteiger partial charge in [0.2, 0.25) is 0 Å². The molecule has 0 rings (SSSR count). The molecule has 0 saturated carbocycles. The van der Waals surface area contributed by atoms with E-state index in [1.807, 2.05) is 9.12 Å². The monoisotopic (exact) mass is 516 g/mol. The molecular weight excluding hydrogens is 500 g/mol. The second-order valence-corrected chi connectivity index (χ2v) is 0.494. The van der Waals surface area contributed by atoms with Crippen LogP contribution in [0, 0.1) is 31.1 Å². The molecule has 2 radical (unpaired) electrons. The van der Waals surface area contributed by atoms with E-state index >= 15 is 0 Å². The Morgan fingerprint density at radius 1 is 1.20 bits per heavy atom. The second kappa shape index (κ2) is 91.0. The summed E-state index contributed by atoms with van der Waals surface area (Å²) in [6.45, 7) is 0.500. The van der Waals surface area contributed by atoms with E-state index < -0.39 is 6.03 Å². The summed E-state index contributed by atoms with van der Waals surface area (Å²) >= 11 is 0. The van der Waals surface area contributed by atoms with Gasteiger partial charge < -0.3 is 26.8 Å². The maximum atomic E-state index is 9.00. The summed E-state index contributed by atoms with van der Waals surface area (Å²) in [5.74, 6) is 0. The van der Waals surface area contributed by atoms with Crippen LogP contribution in [0.4, 0.5) is 4.79 Å². The van der Waals surface area contributed by atoms with Crippen molar-refractivity contribution in [1.29, 1.82) is 0 Å². The van der Waals surface area contributed by atoms with Gasteiger partial charge in [0.1, 0.15) is 0 Å². The van der Waals surface area contributed by atoms with Crippen LogP contribution < -0.4 is 11.5 Å². The molecule has 0 aliphatic heterocycles. The van der Waals surface area contributed by atoms with Crippen LogP contribution in [0.15, 0.2) is 0 Å². The topological polar surface area (TPSA) is 136 Å². The van der Waals surface area contributed by atoms with Gasteiger partial charge in [0.15, 0.2) is 0 Å². The number of hydrogen-bond acceptors (Lipinski definition) is 3. The molecule has 1 unspecified atom stereocenters. The van der Waals surface area contributed by atoms with Gasteiger partial charge in [-0.25, -0.2) is 4.79 Å². The number of carbonyl (C=O) groups is 1. The van der Waals surface area contributed by atoms with Gasteiger partial charge in [-0.15, -0.1) is 0 Å². The molecule has 1 atom stereocenters. The molecule has 0 heterocycles. The Morgan fingerprint density at radius 3 is 1.20 bits per heavy atom. The number of carbonyl (C=O) groups excluding carboxylic acids is 1. The molecule has 0 aliphatic carbocycles. The molecule has 0 bridgehead atoms. The minimum absolute atomic E-state index is 0. The maximum Gasteiger partial charge on any atom is 2.00 e. The van der Waals surface area contributed by atoms with Gasteiger partial charge >= 0.3 is 81.5 Å². The predicted octanol–water partition coefficient (Wildman–Crippen LogP) is -1.09. The summed E-state index contributed by atoms with van der Waals surface area (Å²) in [6.07, 6.45) is 0. The van der Waals surface area contributed by atoms with Crippen molar-refractivity contribution in [2.45, 2.75) is 14.9 Å². The molecule has 11 heteroatoms. The number of primary amides is 2. The van der Waals surface area contributed by atoms with E-state index in [1.165, 1.54) is 0 Å². The molecule has 0 aliphatic rings. The van der Waals surface area contributed by atoms with Crippen molar-refractivity contribution in [3.05, 3.63) is 0 Å². The Balaban J connectivity index is -0.00000000443. The minimum atomic E-state index is -0.833. The normalized spacial score (nSPS) is 2.73. The van der Waals surface area contributed by atoms with Crippen molar-refractivity contribution in [3.63, 3.8) is 0 Å². The first-order chi connectivity index (χ1) is 4.15. The average molecular weight is 516 g/mol. The Labute approximate surface area is 179 Å². The fourth-order valence-electron chi connectivity index (χ4n) is 0. The van der Waals surface area contributed by atoms with E-state index in [0.717, 1.165) is 0 Å². The van der Waals surface area contributed by atoms with Crippen molar-refractivity contribution >= 4 is 105 Å². The largest absolute Gasteiger partial charge is 2.00 e. The Morgan fingerprint density at radius 2 is 1.20 bits per heavy atom. The first-order valence-corrected chi connectivity index (χ1v) is 2.21. The van der Waals surface area contributed by atoms with Crippen LogP contribution in [0.25, 0.3) is 0 Å². The number of urea groups is 1. The average Bonchev–Trinajstić information content (AvgIpc) is 1.71. The van der Waals surface area contributed by atoms with Crippen LogP contribution in [-0.4, -0.2) is 106 Å². The second-order valence-electron chi connectivity index (χ2n) is 0.494. The third-order valence-corrected chi connectivity index (χ3v) is 0. The summed E-state index contributed by atoms with van der Waals surface area (Å²) in [7, 11) is 6.33. The van der Waals surface area contributed by atoms with E-state index in [2.05, 4.69) is 19.0 Å². The zero-order valence-electron chi connectivity index (χ0n) is 6.93. The molecule has 0 spiro atoms. The molecule has 15 heavy (non-hydrogen) atoms. The van der Waals surface area contributed by atoms with Crippen LogP contribution in [0.2, 0.25) is 0 Å². The maximum absolute atomic E-state index is 9.00. The number of aliphatic hydroxyl groups excluding tert-OH is 1. The molecule has 0 aromatic rings. The van der Waals surface area contributed by atoms with Crippen LogP contribution in [0.5, 0.6) is 0 Å². The summed E-state index contributed by atoms with van der Waals surface area (Å²) in [5, 5.41) is 6.76. The molecule has 6 N–H and O–H groups in total. The van der Waals surface area contributed by atoms with Crippen molar-refractivity contribution in [2.75, 3.05) is 0 Å². The SMILES string of the molecule is C.C.NC(N)=O.O=[C-]O.[B]P.[Ca+2].[Ca+2].[OH-].[U]. The van der Waals surface area contributed by atoms with Gasteiger partial charge in [-0.3, -0.25) is 0 Å². The summed E-state index contributed by atoms with van der Waals surface area (Å²) in [5.41, 5.74) is 8.50. The van der Waals surface area contributed by atoms with Gasteiger partial charge in [-0.1, -0.05) is 21.3 Å². The number of nitrogens with two attached hydrogens (primary N) is 2. The molecular formula is C4H16BCa2N2O4PU+2. The molecule has 2 amide bonds. The van der Waals surface area contributed by atoms with Crippen LogP contribution >= 0.6 is 9.12 Å². The van der Waals surface area contributed by atoms with E-state index in [9.17, 15) is 0 Å². The summed E-state index contributed by atoms with van der Waals surface area (Å²) in [4.78, 5) is 17.2. The first-order valence-electron chi connectivity index (χ1n) is 1.54. The van der Waals surface area contributed by atoms with E-state index in [1.54, 1.807) is 0 Å². The summed E-state index contributed by atoms with van der Waals surface area (Å²) in [6, 6.07) is -0.833. The quantitative estimate of drug-likeness (QED) is 0.214. The molecule has 6 nitrogen and oxygen atoms in total. The number of amides is 2. The molecule has 0 aromatic heterocycles. The van der Waals surface area contributed by atoms with E-state index in [0.29, 0.717) is 6.47 Å². The Kier molecular flexibility index (Phi) is 394. The van der Waals surface area contributed by atoms with Crippen LogP contribution in [0.3, 0.4) is 0 Å². The van der Waals surface area contributed by atoms with Crippen LogP contribution in [-0.2, 0) is 4.79 Å². The number of rotatable bonds is 0. The van der Waals surface area contributed by atoms with Crippen LogP contribution in [0.1, 0.15) is 14.9 Å². The third kappa shape index (κ3) is 478. The van der Waals surface area contributed by atoms with Gasteiger partial charge in [0, 0.05) is 31.1 Å². The van der Waals surface area contributed by atoms with Crippen molar-refractivity contribution < 1.29 is 51.3 Å². The fraction of sp³-hybridized carbons (Fsp3) is 0.500. The number of hydrogen-bond donors (Lipinski definition) is 3. The molecule has 0 aromatic carbocycles. The van der Waals surface area contributed by atoms with E-state index in [-0.39, 0.29) is 127 Å². The van der Waals surface area contributed by atoms with Gasteiger partial charge in [-0.2, -0.15) is 9.12 Å². The van der Waals surface area contributed by atoms with E-state index in [4.69, 9.17) is 14.7 Å². The van der Waals surface area contributed by atoms with Crippen molar-refractivity contribution in [2.24, 2.45) is 11.5 Å². The molecule has 0 saturated heterocycles. The van der Waals surface area contributed by atoms with Crippen molar-refractivity contribution in [3.8, 4) is 0 Å². The standard InChI is InChI=1S/CH4N2O.CHO2.2CH4.BH2P.2Ca.H2O.U/c2-1(3)4;2-1-3;;;1-2;;;;/h(H4,2,3,4);(H,2,3);2*1H4;2H2;;;1H2;/q;-1;;;;2*+2;;/p-1. The summed E-state index contributed by atoms with van der Waals surface area (Å²) < 4.78 is 0. The minimum Gasteiger partial charge on any atom is -0.870 e. The van der Waals surface area contributed by atoms with Gasteiger partial charge in [0.25, 0.3) is 0 Å². The fourth-order valence-corrected chi connectivity index (χ4v) is 0. The zero-order chi connectivity index (χ0) is 8.28. The zero-order valence-corrected chi connectivity index (χ0v) is 16.7. The first kappa shape index (κ1) is 65.0. The molecule has 80 valence electrons. The molecule has 0 fully saturated rings. The predicted molar refractivity (Wildman–Crippen MR) is 64.5 cm³/mol. The van der Waals surface area contributed by atoms with Gasteiger partial charge in [-0.05, 0) is 0 Å². The smallest absolute Gasteiger partial charge is 0.870 e. The van der Waals surface area contributed by atoms with Gasteiger partial charge in [0.05, 0.1) is 7.57 Å². The third-order valence-electron chi connectivity index (χ3n) is 0. The Hall–Kier alpha value is 2.77.